The number of fused-ring (bicyclic) bond motifs is 1. The van der Waals surface area contributed by atoms with Crippen LogP contribution in [0.25, 0.3) is 11.0 Å². The summed E-state index contributed by atoms with van der Waals surface area (Å²) in [4.78, 5) is 44.8. The van der Waals surface area contributed by atoms with Crippen LogP contribution in [0.2, 0.25) is 0 Å². The number of aldehydes is 1. The molecule has 0 spiro atoms. The highest BCUT2D eigenvalue weighted by Gasteiger charge is 2.31. The first-order chi connectivity index (χ1) is 13.6. The van der Waals surface area contributed by atoms with Gasteiger partial charge in [0.25, 0.3) is 0 Å². The highest BCUT2D eigenvalue weighted by atomic mass is 19.4. The monoisotopic (exact) mass is 412 g/mol. The Kier molecular flexibility index (Phi) is 5.60. The van der Waals surface area contributed by atoms with Crippen molar-refractivity contribution in [2.45, 2.75) is 31.0 Å². The van der Waals surface area contributed by atoms with Gasteiger partial charge in [-0.25, -0.2) is 4.79 Å². The van der Waals surface area contributed by atoms with Gasteiger partial charge in [-0.1, -0.05) is 6.07 Å². The number of nitrogens with zero attached hydrogens (tertiary/aromatic N) is 2. The Bertz CT molecular complexity index is 1020. The quantitative estimate of drug-likeness (QED) is 0.560. The number of aryl methyl sites for hydroxylation is 1. The average molecular weight is 412 g/mol. The van der Waals surface area contributed by atoms with Gasteiger partial charge in [-0.3, -0.25) is 28.8 Å². The molecule has 1 atom stereocenters. The van der Waals surface area contributed by atoms with Crippen molar-refractivity contribution in [1.82, 2.24) is 19.8 Å². The van der Waals surface area contributed by atoms with E-state index in [4.69, 9.17) is 4.79 Å². The maximum Gasteiger partial charge on any atom is 0.446 e. The van der Waals surface area contributed by atoms with Gasteiger partial charge in [0.1, 0.15) is 6.04 Å². The lowest BCUT2D eigenvalue weighted by atomic mass is 9.93. The molecule has 2 aliphatic rings. The maximum absolute atomic E-state index is 12.6. The van der Waals surface area contributed by atoms with Gasteiger partial charge >= 0.3 is 11.9 Å². The first kappa shape index (κ1) is 20.8. The molecule has 3 heterocycles. The summed E-state index contributed by atoms with van der Waals surface area (Å²) in [5.74, 6) is -0.198. The SMILES string of the molecule is Cn1c(=O)n(C2CCC(=O)NC2=O)c2ccc(C3CNC3)cc21.O=CC(F)(F)F. The molecule has 8 nitrogen and oxygen atoms in total. The van der Waals surface area contributed by atoms with Crippen LogP contribution in [0.15, 0.2) is 23.0 Å². The van der Waals surface area contributed by atoms with Crippen LogP contribution < -0.4 is 16.3 Å². The van der Waals surface area contributed by atoms with Crippen LogP contribution in [0.4, 0.5) is 13.2 Å². The molecule has 156 valence electrons. The third-order valence-electron chi connectivity index (χ3n) is 5.02. The molecule has 2 amide bonds. The van der Waals surface area contributed by atoms with E-state index in [0.29, 0.717) is 12.3 Å². The normalized spacial score (nSPS) is 19.9. The van der Waals surface area contributed by atoms with Crippen molar-refractivity contribution in [3.8, 4) is 0 Å². The van der Waals surface area contributed by atoms with Gasteiger partial charge < -0.3 is 5.32 Å². The average Bonchev–Trinajstić information content (AvgIpc) is 2.85. The predicted molar refractivity (Wildman–Crippen MR) is 96.3 cm³/mol. The zero-order chi connectivity index (χ0) is 21.3. The van der Waals surface area contributed by atoms with Crippen LogP contribution in [0, 0.1) is 0 Å². The highest BCUT2D eigenvalue weighted by Crippen LogP contribution is 2.27. The Morgan fingerprint density at radius 1 is 1.14 bits per heavy atom. The van der Waals surface area contributed by atoms with Crippen molar-refractivity contribution >= 4 is 29.1 Å². The first-order valence-corrected chi connectivity index (χ1v) is 8.90. The predicted octanol–water partition coefficient (Wildman–Crippen LogP) is 0.752. The number of carbonyl (C=O) groups is 3. The van der Waals surface area contributed by atoms with Crippen molar-refractivity contribution in [3.05, 3.63) is 34.2 Å². The minimum atomic E-state index is -4.64. The van der Waals surface area contributed by atoms with Crippen LogP contribution in [-0.4, -0.2) is 46.5 Å². The fraction of sp³-hybridized carbons (Fsp3) is 0.444. The number of alkyl halides is 3. The number of amides is 2. The number of benzene rings is 1. The van der Waals surface area contributed by atoms with E-state index in [0.717, 1.165) is 24.1 Å². The van der Waals surface area contributed by atoms with E-state index in [9.17, 15) is 27.6 Å². The molecule has 2 aliphatic heterocycles. The Labute approximate surface area is 162 Å². The van der Waals surface area contributed by atoms with Gasteiger partial charge in [0.2, 0.25) is 18.1 Å². The lowest BCUT2D eigenvalue weighted by molar-refractivity contribution is -0.156. The van der Waals surface area contributed by atoms with Gasteiger partial charge in [0, 0.05) is 32.5 Å². The van der Waals surface area contributed by atoms with Gasteiger partial charge in [0.15, 0.2) is 0 Å². The molecule has 1 aromatic heterocycles. The van der Waals surface area contributed by atoms with E-state index in [1.165, 1.54) is 10.1 Å². The molecule has 0 radical (unpaired) electrons. The molecular weight excluding hydrogens is 393 g/mol. The van der Waals surface area contributed by atoms with Crippen molar-refractivity contribution < 1.29 is 27.6 Å². The molecule has 0 saturated carbocycles. The molecule has 1 unspecified atom stereocenters. The fourth-order valence-corrected chi connectivity index (χ4v) is 3.39. The number of carbonyl (C=O) groups excluding carboxylic acids is 3. The smallest absolute Gasteiger partial charge is 0.315 e. The third-order valence-corrected chi connectivity index (χ3v) is 5.02. The molecule has 2 saturated heterocycles. The third kappa shape index (κ3) is 4.24. The second-order valence-corrected chi connectivity index (χ2v) is 6.94. The van der Waals surface area contributed by atoms with Crippen LogP contribution in [0.1, 0.15) is 30.4 Å². The van der Waals surface area contributed by atoms with E-state index >= 15 is 0 Å². The molecule has 0 bridgehead atoms. The summed E-state index contributed by atoms with van der Waals surface area (Å²) in [5.41, 5.74) is 2.54. The van der Waals surface area contributed by atoms with Crippen LogP contribution >= 0.6 is 0 Å². The number of halogens is 3. The summed E-state index contributed by atoms with van der Waals surface area (Å²) in [7, 11) is 1.72. The molecule has 1 aromatic carbocycles. The number of nitrogens with one attached hydrogen (secondary N) is 2. The summed E-state index contributed by atoms with van der Waals surface area (Å²) in [6.45, 7) is 1.90. The van der Waals surface area contributed by atoms with Crippen LogP contribution in [0.5, 0.6) is 0 Å². The number of aromatic nitrogens is 2. The lowest BCUT2D eigenvalue weighted by Crippen LogP contribution is -2.44. The van der Waals surface area contributed by atoms with Crippen molar-refractivity contribution in [1.29, 1.82) is 0 Å². The van der Waals surface area contributed by atoms with Crippen molar-refractivity contribution in [2.75, 3.05) is 13.1 Å². The summed E-state index contributed by atoms with van der Waals surface area (Å²) in [5, 5.41) is 5.56. The van der Waals surface area contributed by atoms with Crippen LogP contribution in [-0.2, 0) is 21.4 Å². The molecule has 11 heteroatoms. The Morgan fingerprint density at radius 3 is 2.31 bits per heavy atom. The summed E-state index contributed by atoms with van der Waals surface area (Å²) >= 11 is 0. The minimum Gasteiger partial charge on any atom is -0.315 e. The largest absolute Gasteiger partial charge is 0.446 e. The second-order valence-electron chi connectivity index (χ2n) is 6.94. The topological polar surface area (TPSA) is 102 Å². The zero-order valence-electron chi connectivity index (χ0n) is 15.5. The number of rotatable bonds is 2. The van der Waals surface area contributed by atoms with E-state index in [1.54, 1.807) is 11.6 Å². The van der Waals surface area contributed by atoms with Gasteiger partial charge in [0.05, 0.1) is 11.0 Å². The molecule has 2 aromatic rings. The van der Waals surface area contributed by atoms with E-state index in [-0.39, 0.29) is 18.0 Å². The van der Waals surface area contributed by atoms with Crippen LogP contribution in [0.3, 0.4) is 0 Å². The summed E-state index contributed by atoms with van der Waals surface area (Å²) in [6.07, 6.45) is -5.09. The molecule has 29 heavy (non-hydrogen) atoms. The Hall–Kier alpha value is -2.95. The van der Waals surface area contributed by atoms with Gasteiger partial charge in [-0.05, 0) is 24.1 Å². The summed E-state index contributed by atoms with van der Waals surface area (Å²) in [6, 6.07) is 5.34. The molecular formula is C18H19F3N4O4. The van der Waals surface area contributed by atoms with Gasteiger partial charge in [-0.15, -0.1) is 0 Å². The van der Waals surface area contributed by atoms with E-state index in [2.05, 4.69) is 10.6 Å². The molecule has 2 fully saturated rings. The zero-order valence-corrected chi connectivity index (χ0v) is 15.5. The number of hydrogen-bond acceptors (Lipinski definition) is 5. The van der Waals surface area contributed by atoms with Crippen molar-refractivity contribution in [3.63, 3.8) is 0 Å². The lowest BCUT2D eigenvalue weighted by Gasteiger charge is -2.27. The molecule has 2 N–H and O–H groups in total. The summed E-state index contributed by atoms with van der Waals surface area (Å²) < 4.78 is 34.3. The van der Waals surface area contributed by atoms with Gasteiger partial charge in [-0.2, -0.15) is 13.2 Å². The van der Waals surface area contributed by atoms with Crippen molar-refractivity contribution in [2.24, 2.45) is 7.05 Å². The minimum absolute atomic E-state index is 0.224. The molecule has 0 aliphatic carbocycles. The highest BCUT2D eigenvalue weighted by molar-refractivity contribution is 6.00. The van der Waals surface area contributed by atoms with E-state index < -0.39 is 24.4 Å². The number of piperidine rings is 1. The maximum atomic E-state index is 12.6. The first-order valence-electron chi connectivity index (χ1n) is 8.90. The number of imide groups is 1. The van der Waals surface area contributed by atoms with E-state index in [1.807, 2.05) is 18.2 Å². The Morgan fingerprint density at radius 2 is 1.79 bits per heavy atom. The fourth-order valence-electron chi connectivity index (χ4n) is 3.39. The molecule has 4 rings (SSSR count). The second kappa shape index (κ2) is 7.82. The standard InChI is InChI=1S/C16H18N4O3.C2HF3O/c1-19-13-6-9(10-7-17-8-10)2-3-11(13)20(16(19)23)12-4-5-14(21)18-15(12)22;3-2(4,5)1-6/h2-3,6,10,12,17H,4-5,7-8H2,1H3,(H,18,21,22);1H. The number of hydrogen-bond donors (Lipinski definition) is 2. The number of imidazole rings is 1. The Balaban J connectivity index is 0.000000353.